The molecule has 1 N–H and O–H groups in total. The minimum absolute atomic E-state index is 0.0238. The number of hydrogen-bond acceptors (Lipinski definition) is 5. The Morgan fingerprint density at radius 2 is 1.93 bits per heavy atom. The Morgan fingerprint density at radius 3 is 2.64 bits per heavy atom. The zero-order chi connectivity index (χ0) is 19.8. The molecule has 7 heteroatoms. The molecule has 0 aliphatic rings. The lowest BCUT2D eigenvalue weighted by Crippen LogP contribution is -2.22. The van der Waals surface area contributed by atoms with Gasteiger partial charge in [-0.05, 0) is 48.4 Å². The number of nitrogens with one attached hydrogen (secondary N) is 1. The van der Waals surface area contributed by atoms with E-state index in [0.29, 0.717) is 18.0 Å². The number of aromatic nitrogens is 2. The lowest BCUT2D eigenvalue weighted by molar-refractivity contribution is 0.309. The molecular formula is C21H21ClN4O2. The molecule has 144 valence electrons. The van der Waals surface area contributed by atoms with E-state index >= 15 is 0 Å². The van der Waals surface area contributed by atoms with Crippen molar-refractivity contribution in [1.29, 1.82) is 0 Å². The third-order valence-corrected chi connectivity index (χ3v) is 4.33. The number of anilines is 1. The summed E-state index contributed by atoms with van der Waals surface area (Å²) in [5, 5.41) is 8.31. The zero-order valence-corrected chi connectivity index (χ0v) is 16.3. The first-order valence-electron chi connectivity index (χ1n) is 9.04. The molecule has 2 aromatic carbocycles. The van der Waals surface area contributed by atoms with Crippen molar-refractivity contribution in [2.75, 3.05) is 12.0 Å². The van der Waals surface area contributed by atoms with Gasteiger partial charge in [-0.25, -0.2) is 0 Å². The summed E-state index contributed by atoms with van der Waals surface area (Å²) in [5.74, 6) is 0.829. The van der Waals surface area contributed by atoms with Crippen LogP contribution in [-0.2, 0) is 0 Å². The molecule has 3 aromatic rings. The van der Waals surface area contributed by atoms with Crippen molar-refractivity contribution in [3.63, 3.8) is 0 Å². The van der Waals surface area contributed by atoms with Crippen LogP contribution in [-0.4, -0.2) is 22.6 Å². The monoisotopic (exact) mass is 396 g/mol. The fourth-order valence-corrected chi connectivity index (χ4v) is 2.60. The second-order valence-electron chi connectivity index (χ2n) is 6.07. The zero-order valence-electron chi connectivity index (χ0n) is 15.5. The molecule has 1 aromatic heterocycles. The van der Waals surface area contributed by atoms with Crippen LogP contribution in [0.25, 0.3) is 5.69 Å². The minimum atomic E-state index is -0.415. The van der Waals surface area contributed by atoms with Crippen LogP contribution in [0.2, 0.25) is 5.02 Å². The van der Waals surface area contributed by atoms with E-state index in [1.807, 2.05) is 42.5 Å². The summed E-state index contributed by atoms with van der Waals surface area (Å²) in [6.45, 7) is 2.84. The van der Waals surface area contributed by atoms with E-state index in [1.54, 1.807) is 18.3 Å². The highest BCUT2D eigenvalue weighted by Gasteiger charge is 2.09. The smallest absolute Gasteiger partial charge is 0.292 e. The molecule has 3 rings (SSSR count). The average Bonchev–Trinajstić information content (AvgIpc) is 2.73. The first-order chi connectivity index (χ1) is 13.7. The van der Waals surface area contributed by atoms with Gasteiger partial charge in [0.25, 0.3) is 5.56 Å². The van der Waals surface area contributed by atoms with Crippen molar-refractivity contribution in [1.82, 2.24) is 9.78 Å². The number of ether oxygens (including phenoxy) is 1. The van der Waals surface area contributed by atoms with Crippen molar-refractivity contribution >= 4 is 23.5 Å². The van der Waals surface area contributed by atoms with Crippen LogP contribution >= 0.6 is 11.6 Å². The Morgan fingerprint density at radius 1 is 1.18 bits per heavy atom. The number of halogens is 1. The van der Waals surface area contributed by atoms with Crippen LogP contribution in [0.15, 0.2) is 70.7 Å². The molecule has 1 heterocycles. The summed E-state index contributed by atoms with van der Waals surface area (Å²) >= 11 is 6.18. The molecule has 0 saturated heterocycles. The molecule has 0 aliphatic heterocycles. The highest BCUT2D eigenvalue weighted by atomic mass is 35.5. The van der Waals surface area contributed by atoms with Crippen LogP contribution in [0, 0.1) is 0 Å². The summed E-state index contributed by atoms with van der Waals surface area (Å²) in [6, 6.07) is 16.7. The van der Waals surface area contributed by atoms with Gasteiger partial charge in [-0.3, -0.25) is 10.2 Å². The maximum Gasteiger partial charge on any atom is 0.292 e. The fourth-order valence-electron chi connectivity index (χ4n) is 2.42. The number of benzene rings is 2. The topological polar surface area (TPSA) is 68.5 Å². The Bertz CT molecular complexity index is 986. The highest BCUT2D eigenvalue weighted by Crippen LogP contribution is 2.17. The molecule has 0 radical (unpaired) electrons. The van der Waals surface area contributed by atoms with E-state index in [-0.39, 0.29) is 5.02 Å². The second kappa shape index (κ2) is 9.71. The number of rotatable bonds is 8. The van der Waals surface area contributed by atoms with Crippen molar-refractivity contribution < 1.29 is 4.74 Å². The summed E-state index contributed by atoms with van der Waals surface area (Å²) in [4.78, 5) is 12.4. The number of para-hydroxylation sites is 1. The molecule has 0 fully saturated rings. The molecule has 0 atom stereocenters. The second-order valence-corrected chi connectivity index (χ2v) is 6.44. The van der Waals surface area contributed by atoms with Gasteiger partial charge in [0, 0.05) is 0 Å². The number of unbranched alkanes of at least 4 members (excludes halogenated alkanes) is 1. The molecule has 0 spiro atoms. The number of nitrogens with zero attached hydrogens (tertiary/aromatic N) is 3. The van der Waals surface area contributed by atoms with Crippen LogP contribution in [0.3, 0.4) is 0 Å². The molecule has 0 aliphatic carbocycles. The predicted molar refractivity (Wildman–Crippen MR) is 113 cm³/mol. The van der Waals surface area contributed by atoms with E-state index in [9.17, 15) is 4.79 Å². The van der Waals surface area contributed by atoms with Crippen LogP contribution < -0.4 is 15.7 Å². The van der Waals surface area contributed by atoms with Crippen molar-refractivity contribution in [2.45, 2.75) is 19.8 Å². The summed E-state index contributed by atoms with van der Waals surface area (Å²) < 4.78 is 6.87. The quantitative estimate of drug-likeness (QED) is 0.345. The molecule has 0 bridgehead atoms. The SMILES string of the molecule is CCCCOc1ccc(/C=N/Nc2cnn(-c3ccccc3)c(=O)c2Cl)cc1. The summed E-state index contributed by atoms with van der Waals surface area (Å²) in [7, 11) is 0. The minimum Gasteiger partial charge on any atom is -0.494 e. The van der Waals surface area contributed by atoms with Crippen molar-refractivity contribution in [3.8, 4) is 11.4 Å². The first kappa shape index (κ1) is 19.6. The van der Waals surface area contributed by atoms with Gasteiger partial charge < -0.3 is 4.74 Å². The van der Waals surface area contributed by atoms with Gasteiger partial charge in [-0.15, -0.1) is 0 Å². The van der Waals surface area contributed by atoms with Gasteiger partial charge in [-0.2, -0.15) is 14.9 Å². The normalized spacial score (nSPS) is 10.9. The maximum absolute atomic E-state index is 12.4. The molecule has 28 heavy (non-hydrogen) atoms. The van der Waals surface area contributed by atoms with Gasteiger partial charge in [-0.1, -0.05) is 43.1 Å². The lowest BCUT2D eigenvalue weighted by Gasteiger charge is -2.07. The van der Waals surface area contributed by atoms with Gasteiger partial charge in [0.05, 0.1) is 24.7 Å². The van der Waals surface area contributed by atoms with E-state index in [0.717, 1.165) is 24.2 Å². The molecule has 6 nitrogen and oxygen atoms in total. The Hall–Kier alpha value is -3.12. The maximum atomic E-state index is 12.4. The summed E-state index contributed by atoms with van der Waals surface area (Å²) in [5.41, 5.74) is 4.23. The average molecular weight is 397 g/mol. The van der Waals surface area contributed by atoms with E-state index in [4.69, 9.17) is 16.3 Å². The molecular weight excluding hydrogens is 376 g/mol. The third-order valence-electron chi connectivity index (χ3n) is 3.97. The van der Waals surface area contributed by atoms with Gasteiger partial charge in [0.2, 0.25) is 0 Å². The van der Waals surface area contributed by atoms with E-state index < -0.39 is 5.56 Å². The Balaban J connectivity index is 1.66. The first-order valence-corrected chi connectivity index (χ1v) is 9.42. The van der Waals surface area contributed by atoms with Gasteiger partial charge >= 0.3 is 0 Å². The standard InChI is InChI=1S/C21H21ClN4O2/c1-2-3-13-28-18-11-9-16(10-12-18)14-23-25-19-15-24-26(21(27)20(19)22)17-7-5-4-6-8-17/h4-12,14-15,25H,2-3,13H2,1H3/b23-14+. The molecule has 0 saturated carbocycles. The van der Waals surface area contributed by atoms with E-state index in [2.05, 4.69) is 22.5 Å². The number of hydrazone groups is 1. The largest absolute Gasteiger partial charge is 0.494 e. The van der Waals surface area contributed by atoms with Crippen LogP contribution in [0.1, 0.15) is 25.3 Å². The third kappa shape index (κ3) is 4.98. The predicted octanol–water partition coefficient (Wildman–Crippen LogP) is 4.51. The van der Waals surface area contributed by atoms with Crippen molar-refractivity contribution in [2.24, 2.45) is 5.10 Å². The van der Waals surface area contributed by atoms with Crippen LogP contribution in [0.4, 0.5) is 5.69 Å². The van der Waals surface area contributed by atoms with Gasteiger partial charge in [0.15, 0.2) is 0 Å². The lowest BCUT2D eigenvalue weighted by atomic mass is 10.2. The summed E-state index contributed by atoms with van der Waals surface area (Å²) in [6.07, 6.45) is 5.24. The molecule has 0 amide bonds. The fraction of sp³-hybridized carbons (Fsp3) is 0.190. The Labute approximate surface area is 168 Å². The Kier molecular flexibility index (Phi) is 6.81. The van der Waals surface area contributed by atoms with Crippen LogP contribution in [0.5, 0.6) is 5.75 Å². The van der Waals surface area contributed by atoms with Crippen molar-refractivity contribution in [3.05, 3.63) is 81.7 Å². The van der Waals surface area contributed by atoms with Gasteiger partial charge in [0.1, 0.15) is 16.5 Å². The molecule has 0 unspecified atom stereocenters. The highest BCUT2D eigenvalue weighted by molar-refractivity contribution is 6.32. The van der Waals surface area contributed by atoms with E-state index in [1.165, 1.54) is 10.9 Å². The number of hydrogen-bond donors (Lipinski definition) is 1.